The van der Waals surface area contributed by atoms with E-state index in [4.69, 9.17) is 9.47 Å². The van der Waals surface area contributed by atoms with Crippen LogP contribution in [-0.4, -0.2) is 30.8 Å². The molecule has 0 N–H and O–H groups in total. The quantitative estimate of drug-likeness (QED) is 0.745. The lowest BCUT2D eigenvalue weighted by molar-refractivity contribution is -0.137. The maximum absolute atomic E-state index is 13.0. The van der Waals surface area contributed by atoms with Gasteiger partial charge >= 0.3 is 6.18 Å². The molecule has 1 saturated heterocycles. The van der Waals surface area contributed by atoms with Gasteiger partial charge in [0.25, 0.3) is 0 Å². The van der Waals surface area contributed by atoms with Gasteiger partial charge in [0, 0.05) is 5.56 Å². The normalized spacial score (nSPS) is 17.3. The minimum atomic E-state index is -4.43. The van der Waals surface area contributed by atoms with Crippen LogP contribution in [0.25, 0.3) is 0 Å². The van der Waals surface area contributed by atoms with Crippen molar-refractivity contribution in [2.45, 2.75) is 18.1 Å². The first-order chi connectivity index (χ1) is 12.8. The molecule has 3 rings (SSSR count). The van der Waals surface area contributed by atoms with E-state index in [2.05, 4.69) is 0 Å². The Balaban J connectivity index is 1.93. The van der Waals surface area contributed by atoms with Crippen LogP contribution in [0.15, 0.2) is 42.5 Å². The molecule has 1 amide bonds. The summed E-state index contributed by atoms with van der Waals surface area (Å²) in [5.41, 5.74) is 0.450. The summed E-state index contributed by atoms with van der Waals surface area (Å²) >= 11 is 1.31. The molecule has 1 aliphatic rings. The number of alkyl halides is 3. The fourth-order valence-corrected chi connectivity index (χ4v) is 4.21. The number of thioether (sulfide) groups is 1. The maximum Gasteiger partial charge on any atom is 0.416 e. The van der Waals surface area contributed by atoms with Crippen molar-refractivity contribution in [3.63, 3.8) is 0 Å². The second-order valence-corrected chi connectivity index (χ2v) is 7.03. The van der Waals surface area contributed by atoms with Gasteiger partial charge in [0.15, 0.2) is 11.5 Å². The summed E-state index contributed by atoms with van der Waals surface area (Å²) in [5.74, 6) is 1.12. The van der Waals surface area contributed by atoms with Crippen molar-refractivity contribution in [2.24, 2.45) is 0 Å². The topological polar surface area (TPSA) is 38.8 Å². The van der Waals surface area contributed by atoms with E-state index in [-0.39, 0.29) is 18.2 Å². The molecule has 1 aliphatic heterocycles. The molecule has 1 atom stereocenters. The number of hydrogen-bond acceptors (Lipinski definition) is 4. The Hall–Kier alpha value is -2.35. The largest absolute Gasteiger partial charge is 0.493 e. The summed E-state index contributed by atoms with van der Waals surface area (Å²) in [5, 5.41) is -0.490. The molecular weight excluding hydrogens is 379 g/mol. The van der Waals surface area contributed by atoms with Crippen molar-refractivity contribution in [1.82, 2.24) is 4.90 Å². The number of ether oxygens (including phenoxy) is 2. The fourth-order valence-electron chi connectivity index (χ4n) is 3.03. The lowest BCUT2D eigenvalue weighted by Gasteiger charge is -2.26. The minimum Gasteiger partial charge on any atom is -0.493 e. The van der Waals surface area contributed by atoms with E-state index in [1.807, 2.05) is 0 Å². The first-order valence-electron chi connectivity index (χ1n) is 8.13. The maximum atomic E-state index is 13.0. The molecule has 0 aliphatic carbocycles. The number of methoxy groups -OCH3 is 2. The number of carbonyl (C=O) groups excluding carboxylic acids is 1. The number of carbonyl (C=O) groups is 1. The summed E-state index contributed by atoms with van der Waals surface area (Å²) in [7, 11) is 3.02. The zero-order chi connectivity index (χ0) is 19.6. The molecule has 0 saturated carbocycles. The summed E-state index contributed by atoms with van der Waals surface area (Å²) in [4.78, 5) is 14.0. The first kappa shape index (κ1) is 19.4. The Morgan fingerprint density at radius 3 is 2.56 bits per heavy atom. The highest BCUT2D eigenvalue weighted by Crippen LogP contribution is 2.42. The van der Waals surface area contributed by atoms with Crippen LogP contribution in [0.3, 0.4) is 0 Å². The number of para-hydroxylation sites is 1. The van der Waals surface area contributed by atoms with E-state index in [0.29, 0.717) is 17.1 Å². The second-order valence-electron chi connectivity index (χ2n) is 5.96. The number of rotatable bonds is 5. The van der Waals surface area contributed by atoms with Gasteiger partial charge < -0.3 is 14.4 Å². The van der Waals surface area contributed by atoms with Crippen LogP contribution in [-0.2, 0) is 17.5 Å². The molecule has 27 heavy (non-hydrogen) atoms. The van der Waals surface area contributed by atoms with E-state index < -0.39 is 17.1 Å². The van der Waals surface area contributed by atoms with Crippen LogP contribution in [0, 0.1) is 0 Å². The van der Waals surface area contributed by atoms with Crippen molar-refractivity contribution >= 4 is 17.7 Å². The second kappa shape index (κ2) is 7.72. The molecule has 0 aromatic heterocycles. The number of hydrogen-bond donors (Lipinski definition) is 0. The van der Waals surface area contributed by atoms with Gasteiger partial charge in [-0.15, -0.1) is 11.8 Å². The van der Waals surface area contributed by atoms with Crippen LogP contribution in [0.5, 0.6) is 11.5 Å². The lowest BCUT2D eigenvalue weighted by Crippen LogP contribution is -2.28. The fraction of sp³-hybridized carbons (Fsp3) is 0.316. The Labute approximate surface area is 159 Å². The molecule has 8 heteroatoms. The summed E-state index contributed by atoms with van der Waals surface area (Å²) in [6.45, 7) is 0.215. The van der Waals surface area contributed by atoms with Crippen molar-refractivity contribution in [2.75, 3.05) is 20.0 Å². The SMILES string of the molecule is COc1cccc(CN2C(=O)CSC2c2cccc(C(F)(F)F)c2)c1OC. The molecule has 0 spiro atoms. The number of nitrogens with zero attached hydrogens (tertiary/aromatic N) is 1. The molecule has 1 fully saturated rings. The van der Waals surface area contributed by atoms with Crippen LogP contribution >= 0.6 is 11.8 Å². The van der Waals surface area contributed by atoms with Crippen LogP contribution in [0.2, 0.25) is 0 Å². The van der Waals surface area contributed by atoms with E-state index in [0.717, 1.165) is 17.7 Å². The van der Waals surface area contributed by atoms with Gasteiger partial charge in [-0.25, -0.2) is 0 Å². The Bertz CT molecular complexity index is 841. The van der Waals surface area contributed by atoms with Gasteiger partial charge in [-0.1, -0.05) is 24.3 Å². The standard InChI is InChI=1S/C19H18F3NO3S/c1-25-15-8-4-6-13(17(15)26-2)10-23-16(24)11-27-18(23)12-5-3-7-14(9-12)19(20,21)22/h3-9,18H,10-11H2,1-2H3. The van der Waals surface area contributed by atoms with Crippen molar-refractivity contribution in [1.29, 1.82) is 0 Å². The number of halogens is 3. The molecule has 144 valence electrons. The monoisotopic (exact) mass is 397 g/mol. The zero-order valence-corrected chi connectivity index (χ0v) is 15.6. The van der Waals surface area contributed by atoms with Crippen molar-refractivity contribution < 1.29 is 27.4 Å². The summed E-state index contributed by atoms with van der Waals surface area (Å²) in [6.07, 6.45) is -4.43. The molecule has 2 aromatic carbocycles. The molecule has 2 aromatic rings. The highest BCUT2D eigenvalue weighted by molar-refractivity contribution is 8.00. The lowest BCUT2D eigenvalue weighted by atomic mass is 10.1. The Morgan fingerprint density at radius 2 is 1.89 bits per heavy atom. The van der Waals surface area contributed by atoms with E-state index >= 15 is 0 Å². The highest BCUT2D eigenvalue weighted by Gasteiger charge is 2.36. The van der Waals surface area contributed by atoms with Crippen LogP contribution in [0.1, 0.15) is 22.1 Å². The highest BCUT2D eigenvalue weighted by atomic mass is 32.2. The van der Waals surface area contributed by atoms with Gasteiger partial charge in [-0.05, 0) is 23.8 Å². The zero-order valence-electron chi connectivity index (χ0n) is 14.7. The summed E-state index contributed by atoms with van der Waals surface area (Å²) < 4.78 is 49.8. The molecular formula is C19H18F3NO3S. The number of benzene rings is 2. The van der Waals surface area contributed by atoms with Gasteiger partial charge in [0.05, 0.1) is 32.1 Å². The van der Waals surface area contributed by atoms with Crippen molar-refractivity contribution in [3.8, 4) is 11.5 Å². The third-order valence-corrected chi connectivity index (χ3v) is 5.55. The molecule has 0 radical (unpaired) electrons. The molecule has 0 bridgehead atoms. The van der Waals surface area contributed by atoms with E-state index in [1.54, 1.807) is 29.2 Å². The molecule has 1 unspecified atom stereocenters. The third kappa shape index (κ3) is 4.00. The Morgan fingerprint density at radius 1 is 1.15 bits per heavy atom. The van der Waals surface area contributed by atoms with Crippen LogP contribution in [0.4, 0.5) is 13.2 Å². The smallest absolute Gasteiger partial charge is 0.416 e. The van der Waals surface area contributed by atoms with E-state index in [1.165, 1.54) is 32.0 Å². The van der Waals surface area contributed by atoms with E-state index in [9.17, 15) is 18.0 Å². The van der Waals surface area contributed by atoms with Gasteiger partial charge in [0.2, 0.25) is 5.91 Å². The van der Waals surface area contributed by atoms with Gasteiger partial charge in [-0.3, -0.25) is 4.79 Å². The summed E-state index contributed by atoms with van der Waals surface area (Å²) in [6, 6.07) is 10.4. The minimum absolute atomic E-state index is 0.132. The third-order valence-electron chi connectivity index (χ3n) is 4.29. The van der Waals surface area contributed by atoms with Gasteiger partial charge in [-0.2, -0.15) is 13.2 Å². The molecule has 4 nitrogen and oxygen atoms in total. The average molecular weight is 397 g/mol. The van der Waals surface area contributed by atoms with Crippen LogP contribution < -0.4 is 9.47 Å². The van der Waals surface area contributed by atoms with Gasteiger partial charge in [0.1, 0.15) is 5.37 Å². The molecule has 1 heterocycles. The average Bonchev–Trinajstić information content (AvgIpc) is 3.01. The van der Waals surface area contributed by atoms with Crippen molar-refractivity contribution in [3.05, 3.63) is 59.2 Å². The predicted molar refractivity (Wildman–Crippen MR) is 96.7 cm³/mol. The number of amides is 1. The Kier molecular flexibility index (Phi) is 5.55. The predicted octanol–water partition coefficient (Wildman–Crippen LogP) is 4.50. The first-order valence-corrected chi connectivity index (χ1v) is 9.18.